The molecule has 1 aromatic rings. The molecule has 91 valence electrons. The van der Waals surface area contributed by atoms with Gasteiger partial charge in [0.2, 0.25) is 0 Å². The first kappa shape index (κ1) is 13.3. The number of carboxylic acid groups (broad SMARTS) is 1. The second kappa shape index (κ2) is 5.51. The van der Waals surface area contributed by atoms with Gasteiger partial charge in [0.05, 0.1) is 0 Å². The average molecular weight is 242 g/mol. The molecule has 0 aromatic heterocycles. The van der Waals surface area contributed by atoms with Gasteiger partial charge in [-0.05, 0) is 12.1 Å². The average Bonchev–Trinajstić information content (AvgIpc) is 2.28. The Balaban J connectivity index is 3.04. The van der Waals surface area contributed by atoms with Gasteiger partial charge in [0.1, 0.15) is 17.6 Å². The van der Waals surface area contributed by atoms with Crippen molar-refractivity contribution < 1.29 is 29.1 Å². The quantitative estimate of drug-likeness (QED) is 0.512. The lowest BCUT2D eigenvalue weighted by Gasteiger charge is -2.12. The van der Waals surface area contributed by atoms with Crippen LogP contribution >= 0.6 is 0 Å². The Morgan fingerprint density at radius 1 is 1.59 bits per heavy atom. The zero-order valence-electron chi connectivity index (χ0n) is 8.63. The van der Waals surface area contributed by atoms with Crippen LogP contribution in [-0.4, -0.2) is 34.9 Å². The molecule has 5 N–H and O–H groups in total. The Hall–Kier alpha value is -1.80. The number of aromatic hydroxyl groups is 1. The Morgan fingerprint density at radius 3 is 2.76 bits per heavy atom. The van der Waals surface area contributed by atoms with Gasteiger partial charge in [-0.1, -0.05) is 0 Å². The van der Waals surface area contributed by atoms with Gasteiger partial charge in [-0.3, -0.25) is 4.79 Å². The largest absolute Gasteiger partial charge is 0.569 e. The lowest BCUT2D eigenvalue weighted by atomic mass is 10.0. The highest BCUT2D eigenvalue weighted by molar-refractivity contribution is 6.17. The number of hydrogen-bond acceptors (Lipinski definition) is 5. The molecule has 0 aliphatic heterocycles. The van der Waals surface area contributed by atoms with Crippen molar-refractivity contribution in [1.29, 1.82) is 0 Å². The van der Waals surface area contributed by atoms with Gasteiger partial charge < -0.3 is 25.6 Å². The summed E-state index contributed by atoms with van der Waals surface area (Å²) in [6, 6.07) is 0.721. The first-order valence-corrected chi connectivity index (χ1v) is 4.58. The van der Waals surface area contributed by atoms with Crippen LogP contribution in [0.1, 0.15) is 5.56 Å². The zero-order chi connectivity index (χ0) is 13.0. The van der Waals surface area contributed by atoms with Gasteiger partial charge in [-0.25, -0.2) is 4.39 Å². The van der Waals surface area contributed by atoms with Crippen LogP contribution in [0.3, 0.4) is 0 Å². The number of benzene rings is 1. The number of rotatable bonds is 5. The fourth-order valence-corrected chi connectivity index (χ4v) is 1.24. The fourth-order valence-electron chi connectivity index (χ4n) is 1.24. The van der Waals surface area contributed by atoms with E-state index in [2.05, 4.69) is 4.65 Å². The molecule has 0 fully saturated rings. The predicted molar refractivity (Wildman–Crippen MR) is 56.0 cm³/mol. The minimum absolute atomic E-state index is 0.193. The molecular weight excluding hydrogens is 232 g/mol. The molecule has 8 heteroatoms. The number of nitrogens with two attached hydrogens (primary N) is 1. The Kier molecular flexibility index (Phi) is 4.30. The van der Waals surface area contributed by atoms with E-state index >= 15 is 0 Å². The van der Waals surface area contributed by atoms with Crippen molar-refractivity contribution in [2.24, 2.45) is 5.73 Å². The van der Waals surface area contributed by atoms with Gasteiger partial charge in [0, 0.05) is 12.0 Å². The molecule has 6 nitrogen and oxygen atoms in total. The first-order chi connectivity index (χ1) is 7.97. The lowest BCUT2D eigenvalue weighted by molar-refractivity contribution is -0.138. The minimum Gasteiger partial charge on any atom is -0.535 e. The van der Waals surface area contributed by atoms with Crippen LogP contribution in [0.4, 0.5) is 4.39 Å². The molecule has 0 bridgehead atoms. The van der Waals surface area contributed by atoms with Gasteiger partial charge in [0.25, 0.3) is 0 Å². The van der Waals surface area contributed by atoms with E-state index in [9.17, 15) is 14.3 Å². The number of aliphatic carboxylic acids is 1. The monoisotopic (exact) mass is 242 g/mol. The van der Waals surface area contributed by atoms with E-state index in [1.165, 1.54) is 0 Å². The van der Waals surface area contributed by atoms with Gasteiger partial charge >= 0.3 is 13.7 Å². The Labute approximate surface area is 96.7 Å². The normalized spacial score (nSPS) is 11.9. The summed E-state index contributed by atoms with van der Waals surface area (Å²) in [6.07, 6.45) is -0.393. The van der Waals surface area contributed by atoms with E-state index in [4.69, 9.17) is 15.9 Å². The summed E-state index contributed by atoms with van der Waals surface area (Å²) < 4.78 is 17.9. The third-order valence-corrected chi connectivity index (χ3v) is 2.11. The summed E-state index contributed by atoms with van der Waals surface area (Å²) in [6.45, 7) is 0. The van der Waals surface area contributed by atoms with E-state index in [0.29, 0.717) is 7.69 Å². The molecule has 0 saturated heterocycles. The van der Waals surface area contributed by atoms with E-state index in [-0.39, 0.29) is 11.3 Å². The van der Waals surface area contributed by atoms with E-state index in [0.717, 1.165) is 12.1 Å². The van der Waals surface area contributed by atoms with Crippen molar-refractivity contribution in [2.45, 2.75) is 12.5 Å². The highest BCUT2D eigenvalue weighted by atomic mass is 19.1. The van der Waals surface area contributed by atoms with Crippen molar-refractivity contribution in [3.05, 3.63) is 23.5 Å². The Morgan fingerprint density at radius 2 is 2.24 bits per heavy atom. The maximum absolute atomic E-state index is 13.4. The molecule has 0 aliphatic rings. The molecule has 0 aliphatic carbocycles. The summed E-state index contributed by atoms with van der Waals surface area (Å²) in [5.41, 5.74) is 4.96. The van der Waals surface area contributed by atoms with E-state index in [1.54, 1.807) is 0 Å². The van der Waals surface area contributed by atoms with Crippen molar-refractivity contribution in [3.63, 3.8) is 0 Å². The molecule has 0 spiro atoms. The van der Waals surface area contributed by atoms with Crippen LogP contribution in [0.25, 0.3) is 0 Å². The van der Waals surface area contributed by atoms with Gasteiger partial charge in [-0.15, -0.1) is 0 Å². The van der Waals surface area contributed by atoms with Crippen LogP contribution in [0, 0.1) is 5.82 Å². The molecule has 1 rings (SSSR count). The summed E-state index contributed by atoms with van der Waals surface area (Å²) in [5.74, 6) is -2.90. The van der Waals surface area contributed by atoms with Crippen LogP contribution in [0.15, 0.2) is 12.1 Å². The zero-order valence-corrected chi connectivity index (χ0v) is 8.63. The van der Waals surface area contributed by atoms with Crippen LogP contribution in [-0.2, 0) is 11.2 Å². The minimum atomic E-state index is -1.34. The number of carbonyl (C=O) groups is 1. The van der Waals surface area contributed by atoms with Crippen molar-refractivity contribution >= 4 is 13.7 Å². The smallest absolute Gasteiger partial charge is 0.535 e. The summed E-state index contributed by atoms with van der Waals surface area (Å²) in [4.78, 5) is 10.5. The number of phenolic OH excluding ortho intramolecular Hbond substituents is 1. The van der Waals surface area contributed by atoms with Gasteiger partial charge in [-0.2, -0.15) is 0 Å². The van der Waals surface area contributed by atoms with Crippen molar-refractivity contribution in [1.82, 2.24) is 0 Å². The molecule has 17 heavy (non-hydrogen) atoms. The van der Waals surface area contributed by atoms with Crippen LogP contribution in [0.5, 0.6) is 11.5 Å². The Bertz CT molecular complexity index is 428. The highest BCUT2D eigenvalue weighted by Gasteiger charge is 2.20. The third-order valence-electron chi connectivity index (χ3n) is 2.11. The molecule has 1 radical (unpaired) electrons. The van der Waals surface area contributed by atoms with E-state index in [1.807, 2.05) is 0 Å². The fraction of sp³-hybridized carbons (Fsp3) is 0.222. The SMILES string of the molecule is N[C@@H](Cc1c(F)ccc(O[B]O)c1O)C(=O)O. The van der Waals surface area contributed by atoms with E-state index < -0.39 is 30.0 Å². The number of hydrogen-bond donors (Lipinski definition) is 4. The van der Waals surface area contributed by atoms with Crippen LogP contribution < -0.4 is 10.4 Å². The number of phenols is 1. The summed E-state index contributed by atoms with van der Waals surface area (Å²) >= 11 is 0. The predicted octanol–water partition coefficient (Wildman–Crippen LogP) is -0.609. The van der Waals surface area contributed by atoms with Crippen molar-refractivity contribution in [3.8, 4) is 11.5 Å². The first-order valence-electron chi connectivity index (χ1n) is 4.58. The molecule has 0 saturated carbocycles. The van der Waals surface area contributed by atoms with Crippen LogP contribution in [0.2, 0.25) is 0 Å². The molecule has 1 aromatic carbocycles. The second-order valence-corrected chi connectivity index (χ2v) is 3.24. The summed E-state index contributed by atoms with van der Waals surface area (Å²) in [5, 5.41) is 26.6. The lowest BCUT2D eigenvalue weighted by Crippen LogP contribution is -2.32. The molecule has 0 heterocycles. The summed E-state index contributed by atoms with van der Waals surface area (Å²) in [7, 11) is 0.313. The maximum atomic E-state index is 13.4. The number of carboxylic acids is 1. The molecule has 0 unspecified atom stereocenters. The van der Waals surface area contributed by atoms with Gasteiger partial charge in [0.15, 0.2) is 5.75 Å². The highest BCUT2D eigenvalue weighted by Crippen LogP contribution is 2.32. The van der Waals surface area contributed by atoms with Crippen molar-refractivity contribution in [2.75, 3.05) is 0 Å². The maximum Gasteiger partial charge on any atom is 0.569 e. The standard InChI is InChI=1S/C9H10BFNO5/c11-5-1-2-7(17-10-16)8(13)4(5)3-6(12)9(14)15/h1-2,6,13,16H,3,12H2,(H,14,15)/t6-/m0/s1. The topological polar surface area (TPSA) is 113 Å². The third kappa shape index (κ3) is 3.08. The molecule has 1 atom stereocenters. The number of halogens is 1. The molecular formula is C9H10BFNO5. The molecule has 0 amide bonds. The second-order valence-electron chi connectivity index (χ2n) is 3.24.